The molecule has 0 amide bonds. The van der Waals surface area contributed by atoms with Crippen molar-refractivity contribution in [2.75, 3.05) is 0 Å². The number of rotatable bonds is 2. The maximum atomic E-state index is 12.1. The summed E-state index contributed by atoms with van der Waals surface area (Å²) in [5, 5.41) is 0.716. The molecule has 2 unspecified atom stereocenters. The third-order valence-corrected chi connectivity index (χ3v) is 4.08. The number of fused-ring (bicyclic) bond motifs is 1. The van der Waals surface area contributed by atoms with Gasteiger partial charge in [-0.05, 0) is 30.0 Å². The largest absolute Gasteiger partial charge is 0.343 e. The highest BCUT2D eigenvalue weighted by Gasteiger charge is 2.44. The fourth-order valence-electron chi connectivity index (χ4n) is 2.92. The van der Waals surface area contributed by atoms with Gasteiger partial charge in [-0.1, -0.05) is 42.5 Å². The second-order valence-corrected chi connectivity index (χ2v) is 5.40. The number of benzene rings is 2. The number of nitrogens with one attached hydrogen (secondary N) is 2. The summed E-state index contributed by atoms with van der Waals surface area (Å²) in [6.45, 7) is 0. The van der Waals surface area contributed by atoms with E-state index >= 15 is 0 Å². The molecule has 0 spiro atoms. The second kappa shape index (κ2) is 4.30. The molecule has 0 saturated heterocycles. The Kier molecular flexibility index (Phi) is 2.46. The Balaban J connectivity index is 1.73. The lowest BCUT2D eigenvalue weighted by Gasteiger charge is -1.98. The Morgan fingerprint density at radius 2 is 1.70 bits per heavy atom. The van der Waals surface area contributed by atoms with Gasteiger partial charge in [-0.25, -0.2) is 14.8 Å². The first-order valence-corrected chi connectivity index (χ1v) is 6.92. The number of hydrogen-bond acceptors (Lipinski definition) is 1. The predicted octanol–water partition coefficient (Wildman–Crippen LogP) is 2.61. The Bertz CT molecular complexity index is 823. The summed E-state index contributed by atoms with van der Waals surface area (Å²) in [4.78, 5) is 18.5. The molecule has 2 atom stereocenters. The van der Waals surface area contributed by atoms with Crippen LogP contribution < -0.4 is 10.5 Å². The monoisotopic (exact) mass is 263 g/mol. The van der Waals surface area contributed by atoms with E-state index in [1.807, 2.05) is 30.3 Å². The fraction of sp³-hybridized carbons (Fsp3) is 0.176. The van der Waals surface area contributed by atoms with Gasteiger partial charge in [0.25, 0.3) is 5.82 Å². The molecule has 98 valence electrons. The fourth-order valence-corrected chi connectivity index (χ4v) is 2.92. The zero-order chi connectivity index (χ0) is 13.5. The van der Waals surface area contributed by atoms with Gasteiger partial charge in [-0.3, -0.25) is 0 Å². The van der Waals surface area contributed by atoms with Gasteiger partial charge < -0.3 is 0 Å². The van der Waals surface area contributed by atoms with Gasteiger partial charge in [-0.15, -0.1) is 0 Å². The van der Waals surface area contributed by atoms with Crippen molar-refractivity contribution in [1.29, 1.82) is 0 Å². The predicted molar refractivity (Wildman–Crippen MR) is 77.7 cm³/mol. The van der Waals surface area contributed by atoms with Crippen LogP contribution in [-0.2, 0) is 0 Å². The lowest BCUT2D eigenvalue weighted by Crippen LogP contribution is -2.22. The van der Waals surface area contributed by atoms with Crippen LogP contribution in [0.15, 0.2) is 59.4 Å². The molecule has 3 heteroatoms. The van der Waals surface area contributed by atoms with E-state index < -0.39 is 0 Å². The summed E-state index contributed by atoms with van der Waals surface area (Å²) in [5.74, 6) is 1.86. The Morgan fingerprint density at radius 1 is 0.950 bits per heavy atom. The standard InChI is InChI=1S/C17H14N2O/c20-17-12-8-4-5-9-15(12)18-16(19-17)14-10-13(14)11-6-2-1-3-7-11/h1-9,13-14H,10H2,(H,18,19,20)/p+1. The van der Waals surface area contributed by atoms with Gasteiger partial charge in [0.2, 0.25) is 0 Å². The highest BCUT2D eigenvalue weighted by molar-refractivity contribution is 5.73. The maximum Gasteiger partial charge on any atom is 0.343 e. The summed E-state index contributed by atoms with van der Waals surface area (Å²) in [5.41, 5.74) is 2.25. The van der Waals surface area contributed by atoms with Crippen molar-refractivity contribution >= 4 is 10.9 Å². The molecule has 1 aromatic heterocycles. The van der Waals surface area contributed by atoms with E-state index in [0.717, 1.165) is 17.8 Å². The van der Waals surface area contributed by atoms with Crippen molar-refractivity contribution in [3.63, 3.8) is 0 Å². The van der Waals surface area contributed by atoms with Crippen molar-refractivity contribution in [2.24, 2.45) is 0 Å². The van der Waals surface area contributed by atoms with Crippen LogP contribution >= 0.6 is 0 Å². The Hall–Kier alpha value is -2.42. The topological polar surface area (TPSA) is 47.0 Å². The molecule has 2 aromatic carbocycles. The van der Waals surface area contributed by atoms with Crippen LogP contribution in [0.5, 0.6) is 0 Å². The van der Waals surface area contributed by atoms with Gasteiger partial charge in [0.15, 0.2) is 0 Å². The summed E-state index contributed by atoms with van der Waals surface area (Å²) in [6.07, 6.45) is 1.09. The third kappa shape index (κ3) is 1.83. The zero-order valence-corrected chi connectivity index (χ0v) is 11.0. The van der Waals surface area contributed by atoms with Crippen LogP contribution in [-0.4, -0.2) is 4.98 Å². The van der Waals surface area contributed by atoms with Crippen LogP contribution in [0.4, 0.5) is 0 Å². The minimum atomic E-state index is -0.00642. The average molecular weight is 263 g/mol. The molecule has 1 aliphatic carbocycles. The van der Waals surface area contributed by atoms with E-state index in [1.54, 1.807) is 0 Å². The molecule has 20 heavy (non-hydrogen) atoms. The molecule has 1 saturated carbocycles. The molecule has 4 rings (SSSR count). The minimum absolute atomic E-state index is 0.00642. The normalized spacial score (nSPS) is 21.0. The Morgan fingerprint density at radius 3 is 2.55 bits per heavy atom. The van der Waals surface area contributed by atoms with Crippen LogP contribution in [0, 0.1) is 0 Å². The molecule has 1 heterocycles. The number of aromatic nitrogens is 2. The van der Waals surface area contributed by atoms with E-state index in [4.69, 9.17) is 0 Å². The maximum absolute atomic E-state index is 12.1. The molecular weight excluding hydrogens is 248 g/mol. The summed E-state index contributed by atoms with van der Waals surface area (Å²) >= 11 is 0. The third-order valence-electron chi connectivity index (χ3n) is 4.08. The first kappa shape index (κ1) is 11.4. The van der Waals surface area contributed by atoms with E-state index in [-0.39, 0.29) is 5.56 Å². The summed E-state index contributed by atoms with van der Waals surface area (Å²) < 4.78 is 0. The molecule has 0 radical (unpaired) electrons. The lowest BCUT2D eigenvalue weighted by molar-refractivity contribution is -0.363. The summed E-state index contributed by atoms with van der Waals surface area (Å²) in [6, 6.07) is 18.1. The first-order chi connectivity index (χ1) is 9.83. The number of aromatic amines is 2. The van der Waals surface area contributed by atoms with E-state index in [0.29, 0.717) is 17.2 Å². The highest BCUT2D eigenvalue weighted by Crippen LogP contribution is 2.52. The smallest absolute Gasteiger partial charge is 0.243 e. The zero-order valence-electron chi connectivity index (χ0n) is 11.0. The van der Waals surface area contributed by atoms with Gasteiger partial charge in [0, 0.05) is 0 Å². The van der Waals surface area contributed by atoms with Gasteiger partial charge >= 0.3 is 5.56 Å². The van der Waals surface area contributed by atoms with Crippen molar-refractivity contribution in [1.82, 2.24) is 4.98 Å². The molecule has 0 bridgehead atoms. The number of H-pyrrole nitrogens is 2. The van der Waals surface area contributed by atoms with Crippen molar-refractivity contribution < 1.29 is 4.98 Å². The van der Waals surface area contributed by atoms with Crippen LogP contribution in [0.2, 0.25) is 0 Å². The van der Waals surface area contributed by atoms with E-state index in [2.05, 4.69) is 34.2 Å². The van der Waals surface area contributed by atoms with Crippen molar-refractivity contribution in [2.45, 2.75) is 18.3 Å². The van der Waals surface area contributed by atoms with Crippen molar-refractivity contribution in [3.05, 3.63) is 76.3 Å². The van der Waals surface area contributed by atoms with Crippen LogP contribution in [0.25, 0.3) is 10.9 Å². The molecular formula is C17H15N2O+. The molecule has 1 fully saturated rings. The van der Waals surface area contributed by atoms with Crippen LogP contribution in [0.3, 0.4) is 0 Å². The molecule has 1 aliphatic rings. The number of hydrogen-bond donors (Lipinski definition) is 1. The van der Waals surface area contributed by atoms with Crippen molar-refractivity contribution in [3.8, 4) is 0 Å². The van der Waals surface area contributed by atoms with E-state index in [9.17, 15) is 4.79 Å². The van der Waals surface area contributed by atoms with Crippen LogP contribution in [0.1, 0.15) is 29.6 Å². The first-order valence-electron chi connectivity index (χ1n) is 6.92. The van der Waals surface area contributed by atoms with Gasteiger partial charge in [-0.2, -0.15) is 0 Å². The summed E-state index contributed by atoms with van der Waals surface area (Å²) in [7, 11) is 0. The van der Waals surface area contributed by atoms with E-state index in [1.165, 1.54) is 5.56 Å². The highest BCUT2D eigenvalue weighted by atomic mass is 16.1. The SMILES string of the molecule is O=c1[nH]c(C2CC2c2ccccc2)[nH+]c2ccccc12. The average Bonchev–Trinajstić information content (AvgIpc) is 3.29. The second-order valence-electron chi connectivity index (χ2n) is 5.40. The minimum Gasteiger partial charge on any atom is -0.243 e. The molecule has 0 aliphatic heterocycles. The van der Waals surface area contributed by atoms with Gasteiger partial charge in [0.1, 0.15) is 10.9 Å². The lowest BCUT2D eigenvalue weighted by atomic mass is 10.1. The number of para-hydroxylation sites is 1. The molecule has 3 aromatic rings. The Labute approximate surface area is 116 Å². The molecule has 2 N–H and O–H groups in total. The molecule has 3 nitrogen and oxygen atoms in total. The van der Waals surface area contributed by atoms with Gasteiger partial charge in [0.05, 0.1) is 5.92 Å². The quantitative estimate of drug-likeness (QED) is 0.759.